The Morgan fingerprint density at radius 2 is 1.88 bits per heavy atom. The first kappa shape index (κ1) is 20.3. The molecule has 1 aromatic carbocycles. The maximum atomic E-state index is 13.0. The van der Waals surface area contributed by atoms with Crippen molar-refractivity contribution in [2.45, 2.75) is 12.5 Å². The maximum absolute atomic E-state index is 13.0. The summed E-state index contributed by atoms with van der Waals surface area (Å²) in [6, 6.07) is 6.30. The van der Waals surface area contributed by atoms with Gasteiger partial charge in [0.2, 0.25) is 0 Å². The van der Waals surface area contributed by atoms with Crippen molar-refractivity contribution in [3.05, 3.63) is 35.6 Å². The highest BCUT2D eigenvalue weighted by atomic mass is 19.1. The highest BCUT2D eigenvalue weighted by molar-refractivity contribution is 5.79. The summed E-state index contributed by atoms with van der Waals surface area (Å²) in [5, 5.41) is 6.42. The van der Waals surface area contributed by atoms with Crippen LogP contribution in [0.1, 0.15) is 18.1 Å². The third-order valence-corrected chi connectivity index (χ3v) is 3.39. The van der Waals surface area contributed by atoms with E-state index in [0.717, 1.165) is 18.5 Å². The Hall–Kier alpha value is -1.70. The van der Waals surface area contributed by atoms with Gasteiger partial charge in [0.15, 0.2) is 5.96 Å². The highest BCUT2D eigenvalue weighted by Gasteiger charge is 2.11. The molecule has 2 N–H and O–H groups in total. The lowest BCUT2D eigenvalue weighted by molar-refractivity contribution is 0.0698. The number of rotatable bonds is 11. The number of aliphatic imine (C=N–C) groups is 1. The molecule has 6 nitrogen and oxygen atoms in total. The number of hydrogen-bond acceptors (Lipinski definition) is 4. The van der Waals surface area contributed by atoms with Crippen LogP contribution in [-0.2, 0) is 14.2 Å². The Labute approximate surface area is 143 Å². The number of halogens is 1. The standard InChI is InChI=1S/C17H28FN3O3/c1-19-17(20-9-4-10-24-12-11-22-2)21-13-16(23-3)14-5-7-15(18)8-6-14/h5-8,16H,4,9-13H2,1-3H3,(H2,19,20,21). The molecule has 0 aromatic heterocycles. The molecule has 1 atom stereocenters. The summed E-state index contributed by atoms with van der Waals surface area (Å²) in [6.07, 6.45) is 0.692. The van der Waals surface area contributed by atoms with Crippen molar-refractivity contribution in [2.75, 3.05) is 54.2 Å². The van der Waals surface area contributed by atoms with Gasteiger partial charge < -0.3 is 24.8 Å². The van der Waals surface area contributed by atoms with E-state index in [1.807, 2.05) is 0 Å². The lowest BCUT2D eigenvalue weighted by Crippen LogP contribution is -2.40. The van der Waals surface area contributed by atoms with E-state index in [1.54, 1.807) is 33.4 Å². The second-order valence-corrected chi connectivity index (χ2v) is 5.11. The third-order valence-electron chi connectivity index (χ3n) is 3.39. The quantitative estimate of drug-likeness (QED) is 0.365. The number of hydrogen-bond donors (Lipinski definition) is 2. The van der Waals surface area contributed by atoms with Gasteiger partial charge in [-0.2, -0.15) is 0 Å². The summed E-state index contributed by atoms with van der Waals surface area (Å²) in [5.74, 6) is 0.433. The fraction of sp³-hybridized carbons (Fsp3) is 0.588. The van der Waals surface area contributed by atoms with Crippen LogP contribution >= 0.6 is 0 Å². The molecule has 7 heteroatoms. The Bertz CT molecular complexity index is 469. The van der Waals surface area contributed by atoms with Gasteiger partial charge in [-0.25, -0.2) is 4.39 Å². The monoisotopic (exact) mass is 341 g/mol. The Morgan fingerprint density at radius 3 is 2.50 bits per heavy atom. The molecule has 1 rings (SSSR count). The largest absolute Gasteiger partial charge is 0.382 e. The summed E-state index contributed by atoms with van der Waals surface area (Å²) in [6.45, 7) is 3.17. The van der Waals surface area contributed by atoms with Gasteiger partial charge in [-0.15, -0.1) is 0 Å². The first-order valence-corrected chi connectivity index (χ1v) is 8.00. The zero-order chi connectivity index (χ0) is 17.6. The van der Waals surface area contributed by atoms with Crippen LogP contribution in [0.15, 0.2) is 29.3 Å². The predicted octanol–water partition coefficient (Wildman–Crippen LogP) is 1.73. The van der Waals surface area contributed by atoms with E-state index in [9.17, 15) is 4.39 Å². The minimum absolute atomic E-state index is 0.179. The van der Waals surface area contributed by atoms with Gasteiger partial charge in [0, 0.05) is 41.0 Å². The average Bonchev–Trinajstić information content (AvgIpc) is 2.61. The molecular formula is C17H28FN3O3. The minimum atomic E-state index is -0.258. The molecule has 0 fully saturated rings. The van der Waals surface area contributed by atoms with Crippen molar-refractivity contribution < 1.29 is 18.6 Å². The van der Waals surface area contributed by atoms with Gasteiger partial charge in [0.1, 0.15) is 5.82 Å². The predicted molar refractivity (Wildman–Crippen MR) is 92.8 cm³/mol. The molecule has 0 aliphatic rings. The van der Waals surface area contributed by atoms with E-state index in [4.69, 9.17) is 14.2 Å². The van der Waals surface area contributed by atoms with Crippen LogP contribution in [0.25, 0.3) is 0 Å². The molecule has 136 valence electrons. The fourth-order valence-electron chi connectivity index (χ4n) is 2.05. The van der Waals surface area contributed by atoms with Crippen LogP contribution in [0.3, 0.4) is 0 Å². The Kier molecular flexibility index (Phi) is 10.8. The van der Waals surface area contributed by atoms with E-state index in [0.29, 0.717) is 32.3 Å². The van der Waals surface area contributed by atoms with Crippen LogP contribution in [0.5, 0.6) is 0 Å². The van der Waals surface area contributed by atoms with Crippen molar-refractivity contribution in [3.8, 4) is 0 Å². The Balaban J connectivity index is 2.28. The average molecular weight is 341 g/mol. The van der Waals surface area contributed by atoms with Crippen molar-refractivity contribution in [1.29, 1.82) is 0 Å². The molecule has 0 spiro atoms. The molecule has 1 unspecified atom stereocenters. The molecule has 0 bridgehead atoms. The molecule has 24 heavy (non-hydrogen) atoms. The van der Waals surface area contributed by atoms with Gasteiger partial charge in [-0.05, 0) is 24.1 Å². The Morgan fingerprint density at radius 1 is 1.12 bits per heavy atom. The van der Waals surface area contributed by atoms with Crippen LogP contribution < -0.4 is 10.6 Å². The van der Waals surface area contributed by atoms with Crippen molar-refractivity contribution in [1.82, 2.24) is 10.6 Å². The first-order valence-electron chi connectivity index (χ1n) is 8.00. The third kappa shape index (κ3) is 8.24. The van der Waals surface area contributed by atoms with Crippen LogP contribution in [-0.4, -0.2) is 60.1 Å². The van der Waals surface area contributed by atoms with E-state index < -0.39 is 0 Å². The molecular weight excluding hydrogens is 313 g/mol. The maximum Gasteiger partial charge on any atom is 0.191 e. The number of nitrogens with one attached hydrogen (secondary N) is 2. The molecule has 0 saturated carbocycles. The van der Waals surface area contributed by atoms with Gasteiger partial charge in [0.05, 0.1) is 19.3 Å². The second-order valence-electron chi connectivity index (χ2n) is 5.11. The number of ether oxygens (including phenoxy) is 3. The number of benzene rings is 1. The van der Waals surface area contributed by atoms with E-state index >= 15 is 0 Å². The minimum Gasteiger partial charge on any atom is -0.382 e. The normalized spacial score (nSPS) is 12.9. The molecule has 0 aliphatic carbocycles. The zero-order valence-corrected chi connectivity index (χ0v) is 14.7. The number of nitrogens with zero attached hydrogens (tertiary/aromatic N) is 1. The lowest BCUT2D eigenvalue weighted by Gasteiger charge is -2.18. The van der Waals surface area contributed by atoms with Crippen LogP contribution in [0.2, 0.25) is 0 Å². The summed E-state index contributed by atoms with van der Waals surface area (Å²) < 4.78 is 28.7. The van der Waals surface area contributed by atoms with Crippen LogP contribution in [0.4, 0.5) is 4.39 Å². The molecule has 0 aliphatic heterocycles. The molecule has 0 heterocycles. The lowest BCUT2D eigenvalue weighted by atomic mass is 10.1. The van der Waals surface area contributed by atoms with Gasteiger partial charge >= 0.3 is 0 Å². The van der Waals surface area contributed by atoms with Crippen molar-refractivity contribution in [2.24, 2.45) is 4.99 Å². The molecule has 0 saturated heterocycles. The van der Waals surface area contributed by atoms with Gasteiger partial charge in [-0.3, -0.25) is 4.99 Å². The van der Waals surface area contributed by atoms with Gasteiger partial charge in [0.25, 0.3) is 0 Å². The van der Waals surface area contributed by atoms with E-state index in [2.05, 4.69) is 15.6 Å². The van der Waals surface area contributed by atoms with Crippen molar-refractivity contribution >= 4 is 5.96 Å². The summed E-state index contributed by atoms with van der Waals surface area (Å²) in [4.78, 5) is 4.17. The molecule has 0 radical (unpaired) electrons. The SMILES string of the molecule is CN=C(NCCCOCCOC)NCC(OC)c1ccc(F)cc1. The second kappa shape index (κ2) is 12.7. The zero-order valence-electron chi connectivity index (χ0n) is 14.7. The first-order chi connectivity index (χ1) is 11.7. The summed E-state index contributed by atoms with van der Waals surface area (Å²) >= 11 is 0. The fourth-order valence-corrected chi connectivity index (χ4v) is 2.05. The molecule has 0 amide bonds. The van der Waals surface area contributed by atoms with Gasteiger partial charge in [-0.1, -0.05) is 12.1 Å². The highest BCUT2D eigenvalue weighted by Crippen LogP contribution is 2.15. The summed E-state index contributed by atoms with van der Waals surface area (Å²) in [5.41, 5.74) is 0.911. The number of guanidine groups is 1. The number of methoxy groups -OCH3 is 2. The smallest absolute Gasteiger partial charge is 0.191 e. The van der Waals surface area contributed by atoms with Crippen molar-refractivity contribution in [3.63, 3.8) is 0 Å². The topological polar surface area (TPSA) is 64.1 Å². The van der Waals surface area contributed by atoms with Crippen LogP contribution in [0, 0.1) is 5.82 Å². The van der Waals surface area contributed by atoms with E-state index in [-0.39, 0.29) is 11.9 Å². The van der Waals surface area contributed by atoms with E-state index in [1.165, 1.54) is 12.1 Å². The molecule has 1 aromatic rings. The summed E-state index contributed by atoms with van der Waals surface area (Å²) in [7, 11) is 4.99.